The first-order valence-corrected chi connectivity index (χ1v) is 15.0. The molecule has 234 valence electrons. The Labute approximate surface area is 261 Å². The number of amides is 4. The largest absolute Gasteiger partial charge is 0.343 e. The fourth-order valence-electron chi connectivity index (χ4n) is 5.64. The Bertz CT molecular complexity index is 1640. The van der Waals surface area contributed by atoms with Crippen molar-refractivity contribution in [2.75, 3.05) is 19.6 Å². The number of urea groups is 1. The van der Waals surface area contributed by atoms with E-state index in [1.54, 1.807) is 34.2 Å². The molecule has 1 fully saturated rings. The number of nitrogens with zero attached hydrogens (tertiary/aromatic N) is 3. The van der Waals surface area contributed by atoms with Gasteiger partial charge in [0.25, 0.3) is 0 Å². The summed E-state index contributed by atoms with van der Waals surface area (Å²) in [4.78, 5) is 42.8. The minimum Gasteiger partial charge on any atom is -0.343 e. The van der Waals surface area contributed by atoms with E-state index in [-0.39, 0.29) is 56.2 Å². The van der Waals surface area contributed by atoms with Gasteiger partial charge in [0.1, 0.15) is 17.7 Å². The fraction of sp³-hybridized carbons (Fsp3) is 0.286. The van der Waals surface area contributed by atoms with E-state index in [1.807, 2.05) is 56.3 Å². The number of hydrazine groups is 1. The van der Waals surface area contributed by atoms with Gasteiger partial charge in [0.2, 0.25) is 11.8 Å². The maximum absolute atomic E-state index is 14.1. The lowest BCUT2D eigenvalue weighted by Gasteiger charge is -2.37. The van der Waals surface area contributed by atoms with Crippen LogP contribution in [-0.4, -0.2) is 64.5 Å². The van der Waals surface area contributed by atoms with Crippen LogP contribution in [0, 0.1) is 11.6 Å². The van der Waals surface area contributed by atoms with Gasteiger partial charge in [-0.2, -0.15) is 0 Å². The number of benzene rings is 4. The second-order valence-corrected chi connectivity index (χ2v) is 11.5. The zero-order valence-corrected chi connectivity index (χ0v) is 25.4. The van der Waals surface area contributed by atoms with Crippen LogP contribution in [0.5, 0.6) is 0 Å². The van der Waals surface area contributed by atoms with Crippen molar-refractivity contribution in [2.45, 2.75) is 45.4 Å². The minimum absolute atomic E-state index is 0.155. The molecule has 1 atom stereocenters. The number of fused-ring (bicyclic) bond motifs is 1. The van der Waals surface area contributed by atoms with Gasteiger partial charge < -0.3 is 15.5 Å². The lowest BCUT2D eigenvalue weighted by atomic mass is 10.0. The van der Waals surface area contributed by atoms with Crippen LogP contribution in [0.3, 0.4) is 0 Å². The Morgan fingerprint density at radius 1 is 0.889 bits per heavy atom. The number of carbonyl (C=O) groups excluding carboxylic acids is 3. The lowest BCUT2D eigenvalue weighted by molar-refractivity contribution is -0.136. The predicted molar refractivity (Wildman–Crippen MR) is 169 cm³/mol. The number of nitrogens with one attached hydrogen (secondary N) is 2. The molecule has 1 aliphatic rings. The summed E-state index contributed by atoms with van der Waals surface area (Å²) in [5.74, 6) is -1.43. The van der Waals surface area contributed by atoms with Crippen LogP contribution in [0.2, 0.25) is 0 Å². The van der Waals surface area contributed by atoms with Gasteiger partial charge in [0, 0.05) is 38.6 Å². The first-order chi connectivity index (χ1) is 21.7. The van der Waals surface area contributed by atoms with E-state index in [4.69, 9.17) is 0 Å². The normalized spacial score (nSPS) is 16.2. The van der Waals surface area contributed by atoms with Crippen molar-refractivity contribution in [3.8, 4) is 0 Å². The van der Waals surface area contributed by atoms with Gasteiger partial charge in [-0.05, 0) is 65.6 Å². The Balaban J connectivity index is 1.42. The van der Waals surface area contributed by atoms with Crippen LogP contribution >= 0.6 is 0 Å². The maximum Gasteiger partial charge on any atom is 0.332 e. The zero-order chi connectivity index (χ0) is 31.9. The van der Waals surface area contributed by atoms with E-state index in [0.29, 0.717) is 12.1 Å². The average Bonchev–Trinajstić information content (AvgIpc) is 3.07. The summed E-state index contributed by atoms with van der Waals surface area (Å²) in [6.07, 6.45) is 0.183. The average molecular weight is 614 g/mol. The Hall–Kier alpha value is -4.83. The fourth-order valence-corrected chi connectivity index (χ4v) is 5.64. The molecule has 0 radical (unpaired) electrons. The SMILES string of the molecule is CC(C)N(C(=O)NCc1ccc(F)cc1)N1CCN(Cc2cccc3ccccc23)C(=O)[C@H](Cc2ccc(F)cc2)NC(=O)C1. The van der Waals surface area contributed by atoms with Crippen LogP contribution in [0.15, 0.2) is 91.0 Å². The molecule has 5 rings (SSSR count). The van der Waals surface area contributed by atoms with Crippen molar-refractivity contribution in [1.82, 2.24) is 25.6 Å². The summed E-state index contributed by atoms with van der Waals surface area (Å²) in [7, 11) is 0. The van der Waals surface area contributed by atoms with Crippen molar-refractivity contribution < 1.29 is 23.2 Å². The monoisotopic (exact) mass is 613 g/mol. The molecule has 0 aliphatic carbocycles. The topological polar surface area (TPSA) is 85.0 Å². The third-order valence-electron chi connectivity index (χ3n) is 7.85. The molecule has 4 aromatic rings. The second kappa shape index (κ2) is 14.3. The maximum atomic E-state index is 14.1. The number of halogens is 2. The molecule has 4 amide bonds. The first kappa shape index (κ1) is 31.6. The van der Waals surface area contributed by atoms with Crippen molar-refractivity contribution in [2.24, 2.45) is 0 Å². The molecule has 2 N–H and O–H groups in total. The van der Waals surface area contributed by atoms with Gasteiger partial charge >= 0.3 is 6.03 Å². The molecule has 0 spiro atoms. The lowest BCUT2D eigenvalue weighted by Crippen LogP contribution is -2.57. The van der Waals surface area contributed by atoms with E-state index in [0.717, 1.165) is 21.9 Å². The second-order valence-electron chi connectivity index (χ2n) is 11.5. The van der Waals surface area contributed by atoms with Gasteiger partial charge in [-0.25, -0.2) is 18.6 Å². The molecule has 8 nitrogen and oxygen atoms in total. The van der Waals surface area contributed by atoms with E-state index in [9.17, 15) is 23.2 Å². The Kier molecular flexibility index (Phi) is 10.0. The highest BCUT2D eigenvalue weighted by Crippen LogP contribution is 2.22. The molecule has 1 aliphatic heterocycles. The molecule has 0 bridgehead atoms. The van der Waals surface area contributed by atoms with Gasteiger partial charge in [-0.3, -0.25) is 14.6 Å². The zero-order valence-electron chi connectivity index (χ0n) is 25.4. The molecule has 0 aromatic heterocycles. The van der Waals surface area contributed by atoms with Crippen LogP contribution in [0.1, 0.15) is 30.5 Å². The van der Waals surface area contributed by atoms with Gasteiger partial charge in [-0.1, -0.05) is 66.7 Å². The summed E-state index contributed by atoms with van der Waals surface area (Å²) in [6.45, 7) is 4.46. The third-order valence-corrected chi connectivity index (χ3v) is 7.85. The summed E-state index contributed by atoms with van der Waals surface area (Å²) < 4.78 is 27.0. The van der Waals surface area contributed by atoms with E-state index in [2.05, 4.69) is 10.6 Å². The standard InChI is InChI=1S/C35H37F2N5O3/c1-24(2)42(35(45)38-21-26-12-16-30(37)17-13-26)41-19-18-40(22-28-8-5-7-27-6-3-4-9-31(27)28)34(44)32(39-33(43)23-41)20-25-10-14-29(36)15-11-25/h3-17,24,32H,18-23H2,1-2H3,(H,38,45)(H,39,43)/t32-/m0/s1. The molecule has 10 heteroatoms. The van der Waals surface area contributed by atoms with Crippen molar-refractivity contribution in [3.63, 3.8) is 0 Å². The number of hydrogen-bond donors (Lipinski definition) is 2. The third kappa shape index (κ3) is 8.02. The summed E-state index contributed by atoms with van der Waals surface area (Å²) in [5.41, 5.74) is 2.39. The van der Waals surface area contributed by atoms with Gasteiger partial charge in [0.05, 0.1) is 6.54 Å². The summed E-state index contributed by atoms with van der Waals surface area (Å²) >= 11 is 0. The Morgan fingerprint density at radius 3 is 2.22 bits per heavy atom. The van der Waals surface area contributed by atoms with E-state index in [1.165, 1.54) is 29.3 Å². The minimum atomic E-state index is -0.891. The van der Waals surface area contributed by atoms with Crippen LogP contribution in [-0.2, 0) is 29.1 Å². The molecule has 1 saturated heterocycles. The highest BCUT2D eigenvalue weighted by atomic mass is 19.1. The van der Waals surface area contributed by atoms with E-state index >= 15 is 0 Å². The van der Waals surface area contributed by atoms with Crippen molar-refractivity contribution >= 4 is 28.6 Å². The first-order valence-electron chi connectivity index (χ1n) is 15.0. The number of carbonyl (C=O) groups is 3. The predicted octanol–water partition coefficient (Wildman–Crippen LogP) is 5.02. The van der Waals surface area contributed by atoms with Crippen LogP contribution in [0.25, 0.3) is 10.8 Å². The number of hydrogen-bond acceptors (Lipinski definition) is 4. The van der Waals surface area contributed by atoms with Crippen LogP contribution in [0.4, 0.5) is 13.6 Å². The highest BCUT2D eigenvalue weighted by Gasteiger charge is 2.33. The molecule has 4 aromatic carbocycles. The molecule has 0 saturated carbocycles. The molecule has 45 heavy (non-hydrogen) atoms. The van der Waals surface area contributed by atoms with Crippen LogP contribution < -0.4 is 10.6 Å². The summed E-state index contributed by atoms with van der Waals surface area (Å²) in [5, 5.41) is 11.0. The van der Waals surface area contributed by atoms with Gasteiger partial charge in [-0.15, -0.1) is 0 Å². The summed E-state index contributed by atoms with van der Waals surface area (Å²) in [6, 6.07) is 24.0. The highest BCUT2D eigenvalue weighted by molar-refractivity contribution is 5.90. The van der Waals surface area contributed by atoms with Gasteiger partial charge in [0.15, 0.2) is 0 Å². The molecular formula is C35H37F2N5O3. The van der Waals surface area contributed by atoms with Crippen molar-refractivity contribution in [3.05, 3.63) is 119 Å². The van der Waals surface area contributed by atoms with E-state index < -0.39 is 18.0 Å². The smallest absolute Gasteiger partial charge is 0.332 e. The quantitative estimate of drug-likeness (QED) is 0.292. The number of rotatable bonds is 8. The molecule has 1 heterocycles. The molecule has 0 unspecified atom stereocenters. The molecular weight excluding hydrogens is 576 g/mol. The van der Waals surface area contributed by atoms with Crippen molar-refractivity contribution in [1.29, 1.82) is 0 Å². The Morgan fingerprint density at radius 2 is 1.53 bits per heavy atom.